The van der Waals surface area contributed by atoms with E-state index in [9.17, 15) is 14.4 Å². The number of benzene rings is 3. The molecule has 3 aromatic carbocycles. The molecule has 0 spiro atoms. The molecule has 3 aromatic rings. The van der Waals surface area contributed by atoms with E-state index < -0.39 is 17.9 Å². The molecule has 0 aromatic heterocycles. The van der Waals surface area contributed by atoms with E-state index in [0.717, 1.165) is 32.1 Å². The maximum atomic E-state index is 13.0. The van der Waals surface area contributed by atoms with Gasteiger partial charge in [-0.1, -0.05) is 0 Å². The zero-order valence-corrected chi connectivity index (χ0v) is 38.8. The molecule has 0 aliphatic heterocycles. The molecule has 0 N–H and O–H groups in total. The summed E-state index contributed by atoms with van der Waals surface area (Å²) in [5, 5.41) is 0. The van der Waals surface area contributed by atoms with Crippen molar-refractivity contribution in [2.75, 3.05) is 19.6 Å². The van der Waals surface area contributed by atoms with E-state index in [1.165, 1.54) is 4.90 Å². The first-order chi connectivity index (χ1) is 18.8. The molecule has 0 bridgehead atoms. The molecule has 0 aliphatic rings. The van der Waals surface area contributed by atoms with Crippen molar-refractivity contribution in [1.29, 1.82) is 0 Å². The highest BCUT2D eigenvalue weighted by Crippen LogP contribution is 2.33. The molecule has 0 saturated carbocycles. The van der Waals surface area contributed by atoms with Crippen molar-refractivity contribution >= 4 is 221 Å². The molecule has 0 amide bonds. The smallest absolute Gasteiger partial charge is 0.325 e. The van der Waals surface area contributed by atoms with Gasteiger partial charge in [-0.25, -0.2) is 0 Å². The molecule has 0 atom stereocenters. The average Bonchev–Trinajstić information content (AvgIpc) is 2.89. The summed E-state index contributed by atoms with van der Waals surface area (Å²) in [5.74, 6) is -0.529. The number of ether oxygens (including phenoxy) is 3. The predicted octanol–water partition coefficient (Wildman–Crippen LogP) is 8.55. The van der Waals surface area contributed by atoms with E-state index in [0.29, 0.717) is 17.2 Å². The molecule has 0 unspecified atom stereocenters. The molecule has 0 saturated heterocycles. The van der Waals surface area contributed by atoms with E-state index in [-0.39, 0.29) is 19.6 Å². The van der Waals surface area contributed by atoms with Crippen LogP contribution in [0.5, 0.6) is 17.2 Å². The van der Waals surface area contributed by atoms with Gasteiger partial charge >= 0.3 is 17.9 Å². The topological polar surface area (TPSA) is 82.1 Å². The molecule has 0 fully saturated rings. The van der Waals surface area contributed by atoms with Gasteiger partial charge in [-0.15, -0.1) is 0 Å². The Bertz CT molecular complexity index is 1310. The number of halogens is 9. The van der Waals surface area contributed by atoms with Crippen LogP contribution in [-0.4, -0.2) is 42.4 Å². The van der Waals surface area contributed by atoms with Crippen LogP contribution in [0.3, 0.4) is 0 Å². The van der Waals surface area contributed by atoms with Gasteiger partial charge in [-0.2, -0.15) is 0 Å². The lowest BCUT2D eigenvalue weighted by molar-refractivity contribution is -0.142. The monoisotopic (exact) mass is 1550 g/mol. The second kappa shape index (κ2) is 17.5. The Hall–Kier alpha value is 2.60. The maximum Gasteiger partial charge on any atom is 0.325 e. The first kappa shape index (κ1) is 37.1. The third-order valence-corrected chi connectivity index (χ3v) is 16.3. The number of nitrogens with zero attached hydrogens (tertiary/aromatic N) is 1. The van der Waals surface area contributed by atoms with Gasteiger partial charge in [0.05, 0.1) is 41.1 Å². The number of esters is 3. The van der Waals surface area contributed by atoms with Crippen LogP contribution in [0, 0.1) is 32.1 Å². The molecular weight excluding hydrogens is 1540 g/mol. The Balaban J connectivity index is 1.81. The highest BCUT2D eigenvalue weighted by Gasteiger charge is 2.25. The lowest BCUT2D eigenvalue weighted by Gasteiger charge is -2.21. The number of hydrogen-bond donors (Lipinski definition) is 0. The Labute approximate surface area is 353 Å². The Kier molecular flexibility index (Phi) is 16.2. The van der Waals surface area contributed by atoms with Crippen molar-refractivity contribution in [2.24, 2.45) is 0 Å². The van der Waals surface area contributed by atoms with Crippen LogP contribution in [0.4, 0.5) is 0 Å². The predicted molar refractivity (Wildman–Crippen MR) is 227 cm³/mol. The van der Waals surface area contributed by atoms with Crippen LogP contribution in [0.1, 0.15) is 0 Å². The third kappa shape index (κ3) is 10.6. The molecule has 0 radical (unpaired) electrons. The van der Waals surface area contributed by atoms with Gasteiger partial charge in [0, 0.05) is 10.7 Å². The Morgan fingerprint density at radius 1 is 0.450 bits per heavy atom. The highest BCUT2D eigenvalue weighted by molar-refractivity contribution is 14.1. The highest BCUT2D eigenvalue weighted by atomic mass is 127. The second-order valence-electron chi connectivity index (χ2n) is 7.58. The van der Waals surface area contributed by atoms with Crippen molar-refractivity contribution < 1.29 is 28.6 Å². The molecule has 16 heteroatoms. The van der Waals surface area contributed by atoms with Gasteiger partial charge in [-0.05, 0) is 240 Å². The van der Waals surface area contributed by atoms with Crippen molar-refractivity contribution in [3.05, 3.63) is 68.5 Å². The molecule has 7 nitrogen and oxygen atoms in total. The number of rotatable bonds is 9. The number of carbonyl (C=O) groups is 3. The molecule has 3 rings (SSSR count). The van der Waals surface area contributed by atoms with Gasteiger partial charge < -0.3 is 14.2 Å². The van der Waals surface area contributed by atoms with Crippen LogP contribution >= 0.6 is 203 Å². The summed E-state index contributed by atoms with van der Waals surface area (Å²) in [7, 11) is 0. The van der Waals surface area contributed by atoms with Crippen LogP contribution in [0.2, 0.25) is 0 Å². The van der Waals surface area contributed by atoms with Crippen molar-refractivity contribution in [1.82, 2.24) is 4.90 Å². The molecule has 40 heavy (non-hydrogen) atoms. The minimum atomic E-state index is -0.615. The summed E-state index contributed by atoms with van der Waals surface area (Å²) in [6.07, 6.45) is 0. The van der Waals surface area contributed by atoms with E-state index >= 15 is 0 Å². The minimum absolute atomic E-state index is 0.331. The molecule has 0 aliphatic carbocycles. The van der Waals surface area contributed by atoms with Crippen LogP contribution in [-0.2, 0) is 14.4 Å². The third-order valence-electron chi connectivity index (χ3n) is 4.71. The lowest BCUT2D eigenvalue weighted by Crippen LogP contribution is -2.42. The normalized spacial score (nSPS) is 10.9. The zero-order valence-electron chi connectivity index (χ0n) is 19.4. The minimum Gasteiger partial charge on any atom is -0.423 e. The van der Waals surface area contributed by atoms with Crippen LogP contribution in [0.15, 0.2) is 36.4 Å². The van der Waals surface area contributed by atoms with E-state index in [1.807, 2.05) is 36.4 Å². The molecular formula is C24H12I9NO6. The zero-order chi connectivity index (χ0) is 29.7. The van der Waals surface area contributed by atoms with E-state index in [2.05, 4.69) is 203 Å². The maximum absolute atomic E-state index is 13.0. The fraction of sp³-hybridized carbons (Fsp3) is 0.125. The first-order valence-corrected chi connectivity index (χ1v) is 20.2. The number of hydrogen-bond acceptors (Lipinski definition) is 7. The Morgan fingerprint density at radius 3 is 0.925 bits per heavy atom. The summed E-state index contributed by atoms with van der Waals surface area (Å²) in [5.41, 5.74) is 0. The standard InChI is InChI=1S/C24H12I9NO6/c25-10-1-4-13(28)22(19(10)31)38-16(35)7-34(8-17(36)39-23-14(29)5-2-11(26)20(23)32)9-18(37)40-24-15(30)6-3-12(27)21(24)33/h1-6H,7-9H2. The van der Waals surface area contributed by atoms with E-state index in [1.54, 1.807) is 0 Å². The van der Waals surface area contributed by atoms with Gasteiger partial charge in [-0.3, -0.25) is 19.3 Å². The second-order valence-corrected chi connectivity index (χ2v) is 17.8. The summed E-state index contributed by atoms with van der Waals surface area (Å²) in [6.45, 7) is -0.992. The summed E-state index contributed by atoms with van der Waals surface area (Å²) >= 11 is 19.2. The number of carbonyl (C=O) groups excluding carboxylic acids is 3. The van der Waals surface area contributed by atoms with Gasteiger partial charge in [0.2, 0.25) is 0 Å². The summed E-state index contributed by atoms with van der Waals surface area (Å²) in [6, 6.07) is 11.4. The Morgan fingerprint density at radius 2 is 0.675 bits per heavy atom. The fourth-order valence-corrected chi connectivity index (χ4v) is 9.20. The summed E-state index contributed by atoms with van der Waals surface area (Å²) in [4.78, 5) is 40.5. The SMILES string of the molecule is O=C(CN(CC(=O)Oc1c(I)ccc(I)c1I)CC(=O)Oc1c(I)ccc(I)c1I)Oc1c(I)ccc(I)c1I. The largest absolute Gasteiger partial charge is 0.423 e. The molecule has 0 heterocycles. The van der Waals surface area contributed by atoms with Crippen molar-refractivity contribution in [3.8, 4) is 17.2 Å². The first-order valence-electron chi connectivity index (χ1n) is 10.5. The van der Waals surface area contributed by atoms with Crippen molar-refractivity contribution in [3.63, 3.8) is 0 Å². The summed E-state index contributed by atoms with van der Waals surface area (Å²) < 4.78 is 24.6. The lowest BCUT2D eigenvalue weighted by atomic mass is 10.3. The molecule has 212 valence electrons. The van der Waals surface area contributed by atoms with Gasteiger partial charge in [0.1, 0.15) is 0 Å². The van der Waals surface area contributed by atoms with Crippen LogP contribution < -0.4 is 14.2 Å². The average molecular weight is 1550 g/mol. The van der Waals surface area contributed by atoms with Crippen molar-refractivity contribution in [2.45, 2.75) is 0 Å². The van der Waals surface area contributed by atoms with E-state index in [4.69, 9.17) is 14.2 Å². The van der Waals surface area contributed by atoms with Gasteiger partial charge in [0.15, 0.2) is 17.2 Å². The quantitative estimate of drug-likeness (QED) is 0.0921. The fourth-order valence-electron chi connectivity index (χ4n) is 2.96. The van der Waals surface area contributed by atoms with Gasteiger partial charge in [0.25, 0.3) is 0 Å². The van der Waals surface area contributed by atoms with Crippen LogP contribution in [0.25, 0.3) is 0 Å².